The lowest BCUT2D eigenvalue weighted by molar-refractivity contribution is -0.156. The van der Waals surface area contributed by atoms with Gasteiger partial charge in [0.05, 0.1) is 5.54 Å². The molecule has 0 spiro atoms. The van der Waals surface area contributed by atoms with Crippen LogP contribution in [0.1, 0.15) is 53.9 Å². The second-order valence-electron chi connectivity index (χ2n) is 8.04. The van der Waals surface area contributed by atoms with E-state index in [1.54, 1.807) is 0 Å². The van der Waals surface area contributed by atoms with Crippen LogP contribution in [0.3, 0.4) is 0 Å². The molecule has 0 radical (unpaired) electrons. The van der Waals surface area contributed by atoms with E-state index in [4.69, 9.17) is 16.2 Å². The van der Waals surface area contributed by atoms with Gasteiger partial charge in [0.2, 0.25) is 5.91 Å². The number of ether oxygens (including phenoxy) is 1. The highest BCUT2D eigenvalue weighted by molar-refractivity contribution is 5.90. The van der Waals surface area contributed by atoms with Crippen LogP contribution in [-0.4, -0.2) is 66.0 Å². The molecule has 1 rings (SSSR count). The van der Waals surface area contributed by atoms with Gasteiger partial charge in [-0.2, -0.15) is 0 Å². The van der Waals surface area contributed by atoms with Crippen molar-refractivity contribution in [3.8, 4) is 0 Å². The molecule has 0 aromatic rings. The Hall–Kier alpha value is -1.67. The second-order valence-corrected chi connectivity index (χ2v) is 8.04. The third kappa shape index (κ3) is 6.92. The topological polar surface area (TPSA) is 123 Å². The predicted molar refractivity (Wildman–Crippen MR) is 103 cm³/mol. The van der Waals surface area contributed by atoms with Gasteiger partial charge in [0.25, 0.3) is 0 Å². The summed E-state index contributed by atoms with van der Waals surface area (Å²) in [7, 11) is 0. The Balaban J connectivity index is 2.76. The predicted octanol–water partition coefficient (Wildman–Crippen LogP) is 0.393. The minimum atomic E-state index is -0.706. The van der Waals surface area contributed by atoms with Crippen LogP contribution in [0.25, 0.3) is 0 Å². The van der Waals surface area contributed by atoms with Crippen LogP contribution in [0.2, 0.25) is 0 Å². The number of hydrogen-bond donors (Lipinski definition) is 3. The minimum Gasteiger partial charge on any atom is -0.459 e. The van der Waals surface area contributed by atoms with E-state index in [0.717, 1.165) is 19.4 Å². The van der Waals surface area contributed by atoms with Crippen molar-refractivity contribution in [2.75, 3.05) is 26.2 Å². The molecule has 0 saturated carbocycles. The van der Waals surface area contributed by atoms with Crippen molar-refractivity contribution in [2.45, 2.75) is 71.1 Å². The van der Waals surface area contributed by atoms with Gasteiger partial charge in [-0.15, -0.1) is 0 Å². The highest BCUT2D eigenvalue weighted by Crippen LogP contribution is 2.25. The largest absolute Gasteiger partial charge is 0.459 e. The summed E-state index contributed by atoms with van der Waals surface area (Å²) in [5, 5.41) is 2.80. The van der Waals surface area contributed by atoms with E-state index in [-0.39, 0.29) is 5.91 Å². The molecule has 1 aliphatic rings. The molecule has 0 bridgehead atoms. The maximum absolute atomic E-state index is 12.1. The fourth-order valence-electron chi connectivity index (χ4n) is 3.00. The van der Waals surface area contributed by atoms with E-state index in [1.165, 1.54) is 6.92 Å². The quantitative estimate of drug-likeness (QED) is 0.532. The number of nitrogens with two attached hydrogens (primary N) is 2. The van der Waals surface area contributed by atoms with E-state index in [2.05, 4.69) is 22.1 Å². The van der Waals surface area contributed by atoms with Gasteiger partial charge < -0.3 is 21.5 Å². The number of esters is 1. The molecule has 1 unspecified atom stereocenters. The molecule has 0 aromatic carbocycles. The van der Waals surface area contributed by atoms with E-state index < -0.39 is 23.2 Å². The van der Waals surface area contributed by atoms with Crippen LogP contribution in [-0.2, 0) is 14.3 Å². The summed E-state index contributed by atoms with van der Waals surface area (Å²) in [5.41, 5.74) is 11.3. The fourth-order valence-corrected chi connectivity index (χ4v) is 3.00. The van der Waals surface area contributed by atoms with Crippen molar-refractivity contribution >= 4 is 17.7 Å². The van der Waals surface area contributed by atoms with Gasteiger partial charge in [-0.25, -0.2) is 0 Å². The van der Waals surface area contributed by atoms with E-state index in [9.17, 15) is 9.59 Å². The Morgan fingerprint density at radius 2 is 2.04 bits per heavy atom. The molecule has 0 saturated heterocycles. The fraction of sp³-hybridized carbons (Fsp3) is 0.833. The molecule has 8 heteroatoms. The summed E-state index contributed by atoms with van der Waals surface area (Å²) in [4.78, 5) is 29.9. The Bertz CT molecular complexity index is 529. The molecule has 1 heterocycles. The zero-order chi connectivity index (χ0) is 20.0. The first-order valence-electron chi connectivity index (χ1n) is 9.24. The third-order valence-corrected chi connectivity index (χ3v) is 4.53. The van der Waals surface area contributed by atoms with Crippen molar-refractivity contribution in [2.24, 2.45) is 16.5 Å². The van der Waals surface area contributed by atoms with Crippen molar-refractivity contribution in [3.05, 3.63) is 0 Å². The van der Waals surface area contributed by atoms with Crippen LogP contribution in [0.4, 0.5) is 0 Å². The molecule has 0 aromatic heterocycles. The average molecular weight is 370 g/mol. The molecule has 1 aliphatic heterocycles. The molecular formula is C18H35N5O3. The Morgan fingerprint density at radius 3 is 2.58 bits per heavy atom. The van der Waals surface area contributed by atoms with Gasteiger partial charge in [0.1, 0.15) is 17.5 Å². The van der Waals surface area contributed by atoms with Crippen LogP contribution < -0.4 is 16.8 Å². The van der Waals surface area contributed by atoms with E-state index in [0.29, 0.717) is 31.9 Å². The Labute approximate surface area is 156 Å². The van der Waals surface area contributed by atoms with Crippen molar-refractivity contribution in [1.29, 1.82) is 0 Å². The molecule has 26 heavy (non-hydrogen) atoms. The van der Waals surface area contributed by atoms with Crippen molar-refractivity contribution in [1.82, 2.24) is 10.2 Å². The number of aliphatic imine (C=N–C) groups is 1. The van der Waals surface area contributed by atoms with Crippen LogP contribution in [0.15, 0.2) is 4.99 Å². The first kappa shape index (κ1) is 22.4. The van der Waals surface area contributed by atoms with E-state index in [1.807, 2.05) is 20.8 Å². The number of amidine groups is 1. The Kier molecular flexibility index (Phi) is 8.02. The smallest absolute Gasteiger partial charge is 0.323 e. The van der Waals surface area contributed by atoms with Gasteiger partial charge in [-0.05, 0) is 47.0 Å². The monoisotopic (exact) mass is 369 g/mol. The highest BCUT2D eigenvalue weighted by Gasteiger charge is 2.37. The lowest BCUT2D eigenvalue weighted by Gasteiger charge is -2.43. The molecule has 8 nitrogen and oxygen atoms in total. The zero-order valence-corrected chi connectivity index (χ0v) is 16.8. The molecule has 0 aliphatic carbocycles. The summed E-state index contributed by atoms with van der Waals surface area (Å²) >= 11 is 0. The van der Waals surface area contributed by atoms with Crippen molar-refractivity contribution in [3.63, 3.8) is 0 Å². The number of amides is 1. The SMILES string of the molecule is CC(=O)NCCN(CC[C@H](N)C(=O)OC(C)(C)C)C1(C)CCCN=C1N. The number of nitrogens with one attached hydrogen (secondary N) is 1. The van der Waals surface area contributed by atoms with Gasteiger partial charge in [0, 0.05) is 33.1 Å². The normalized spacial score (nSPS) is 21.9. The molecule has 2 atom stereocenters. The van der Waals surface area contributed by atoms with Crippen LogP contribution in [0.5, 0.6) is 0 Å². The minimum absolute atomic E-state index is 0.0779. The number of carbonyl (C=O) groups is 2. The zero-order valence-electron chi connectivity index (χ0n) is 16.8. The Morgan fingerprint density at radius 1 is 1.38 bits per heavy atom. The maximum Gasteiger partial charge on any atom is 0.323 e. The third-order valence-electron chi connectivity index (χ3n) is 4.53. The molecule has 0 fully saturated rings. The molecule has 5 N–H and O–H groups in total. The van der Waals surface area contributed by atoms with E-state index >= 15 is 0 Å². The number of nitrogens with zero attached hydrogens (tertiary/aromatic N) is 2. The first-order valence-corrected chi connectivity index (χ1v) is 9.24. The second kappa shape index (κ2) is 9.32. The number of carbonyl (C=O) groups excluding carboxylic acids is 2. The van der Waals surface area contributed by atoms with Crippen LogP contribution in [0, 0.1) is 0 Å². The van der Waals surface area contributed by atoms with Gasteiger partial charge >= 0.3 is 5.97 Å². The molecular weight excluding hydrogens is 334 g/mol. The summed E-state index contributed by atoms with van der Waals surface area (Å²) in [6.07, 6.45) is 2.27. The summed E-state index contributed by atoms with van der Waals surface area (Å²) < 4.78 is 5.35. The summed E-state index contributed by atoms with van der Waals surface area (Å²) in [6.45, 7) is 11.4. The van der Waals surface area contributed by atoms with Gasteiger partial charge in [0.15, 0.2) is 0 Å². The van der Waals surface area contributed by atoms with Crippen molar-refractivity contribution < 1.29 is 14.3 Å². The number of hydrogen-bond acceptors (Lipinski definition) is 7. The lowest BCUT2D eigenvalue weighted by Crippen LogP contribution is -2.59. The summed E-state index contributed by atoms with van der Waals surface area (Å²) in [6, 6.07) is -0.706. The van der Waals surface area contributed by atoms with Crippen LogP contribution >= 0.6 is 0 Å². The van der Waals surface area contributed by atoms with Gasteiger partial charge in [-0.3, -0.25) is 19.5 Å². The highest BCUT2D eigenvalue weighted by atomic mass is 16.6. The summed E-state index contributed by atoms with van der Waals surface area (Å²) in [5.74, 6) is 0.109. The standard InChI is InChI=1S/C18H35N5O3/c1-13(24)21-10-12-23(18(5)8-6-9-22-16(18)20)11-7-14(19)15(25)26-17(2,3)4/h14H,6-12,19H2,1-5H3,(H2,20,22)(H,21,24)/t14-,18?/m0/s1. The lowest BCUT2D eigenvalue weighted by atomic mass is 9.89. The first-order chi connectivity index (χ1) is 12.0. The maximum atomic E-state index is 12.1. The van der Waals surface area contributed by atoms with Gasteiger partial charge in [-0.1, -0.05) is 0 Å². The average Bonchev–Trinajstić information content (AvgIpc) is 2.51. The number of rotatable bonds is 8. The molecule has 150 valence electrons. The molecule has 1 amide bonds.